The first-order valence-electron chi connectivity index (χ1n) is 5.38. The van der Waals surface area contributed by atoms with Crippen molar-refractivity contribution in [3.05, 3.63) is 35.4 Å². The van der Waals surface area contributed by atoms with E-state index in [1.54, 1.807) is 0 Å². The minimum atomic E-state index is -3.92. The Hall–Kier alpha value is -1.54. The first kappa shape index (κ1) is 15.5. The van der Waals surface area contributed by atoms with Crippen LogP contribution in [0.4, 0.5) is 8.78 Å². The van der Waals surface area contributed by atoms with Crippen molar-refractivity contribution in [3.8, 4) is 0 Å². The molecular weight excluding hydrogens is 280 g/mol. The van der Waals surface area contributed by atoms with Crippen LogP contribution in [0, 0.1) is 11.6 Å². The monoisotopic (exact) mass is 293 g/mol. The number of sulfonamides is 1. The molecule has 106 valence electrons. The van der Waals surface area contributed by atoms with E-state index >= 15 is 0 Å². The van der Waals surface area contributed by atoms with Crippen molar-refractivity contribution in [2.75, 3.05) is 5.75 Å². The SMILES string of the molecule is CC(NS(=O)(=O)CCC(=O)O)c1c(F)cccc1F. The zero-order chi connectivity index (χ0) is 14.6. The van der Waals surface area contributed by atoms with Crippen LogP contribution in [0.3, 0.4) is 0 Å². The molecule has 0 fully saturated rings. The second-order valence-electron chi connectivity index (χ2n) is 3.94. The van der Waals surface area contributed by atoms with E-state index in [0.29, 0.717) is 0 Å². The van der Waals surface area contributed by atoms with E-state index in [1.807, 2.05) is 4.72 Å². The zero-order valence-corrected chi connectivity index (χ0v) is 10.9. The summed E-state index contributed by atoms with van der Waals surface area (Å²) in [6.07, 6.45) is -0.582. The van der Waals surface area contributed by atoms with Gasteiger partial charge < -0.3 is 5.11 Å². The molecule has 1 aromatic carbocycles. The number of hydrogen-bond acceptors (Lipinski definition) is 3. The van der Waals surface area contributed by atoms with Gasteiger partial charge in [0.15, 0.2) is 0 Å². The van der Waals surface area contributed by atoms with Gasteiger partial charge in [-0.05, 0) is 19.1 Å². The Morgan fingerprint density at radius 1 is 1.37 bits per heavy atom. The van der Waals surface area contributed by atoms with Gasteiger partial charge in [0.05, 0.1) is 12.2 Å². The van der Waals surface area contributed by atoms with Crippen molar-refractivity contribution < 1.29 is 27.1 Å². The molecule has 1 atom stereocenters. The minimum Gasteiger partial charge on any atom is -0.481 e. The average molecular weight is 293 g/mol. The molecule has 19 heavy (non-hydrogen) atoms. The molecule has 0 spiro atoms. The summed E-state index contributed by atoms with van der Waals surface area (Å²) in [4.78, 5) is 10.3. The molecule has 1 unspecified atom stereocenters. The van der Waals surface area contributed by atoms with Crippen molar-refractivity contribution in [2.45, 2.75) is 19.4 Å². The lowest BCUT2D eigenvalue weighted by Gasteiger charge is -2.15. The summed E-state index contributed by atoms with van der Waals surface area (Å²) >= 11 is 0. The zero-order valence-electron chi connectivity index (χ0n) is 10.1. The quantitative estimate of drug-likeness (QED) is 0.831. The molecule has 0 aliphatic heterocycles. The molecule has 0 amide bonds. The lowest BCUT2D eigenvalue weighted by Crippen LogP contribution is -2.31. The van der Waals surface area contributed by atoms with Crippen LogP contribution >= 0.6 is 0 Å². The number of hydrogen-bond donors (Lipinski definition) is 2. The standard InChI is InChI=1S/C11H13F2NO4S/c1-7(11-8(12)3-2-4-9(11)13)14-19(17,18)6-5-10(15)16/h2-4,7,14H,5-6H2,1H3,(H,15,16). The first-order chi connectivity index (χ1) is 8.73. The third kappa shape index (κ3) is 4.56. The highest BCUT2D eigenvalue weighted by molar-refractivity contribution is 7.89. The summed E-state index contributed by atoms with van der Waals surface area (Å²) < 4.78 is 51.9. The molecule has 8 heteroatoms. The largest absolute Gasteiger partial charge is 0.481 e. The Bertz CT molecular complexity index is 554. The van der Waals surface area contributed by atoms with E-state index in [4.69, 9.17) is 5.11 Å². The Kier molecular flexibility index (Phi) is 4.96. The molecule has 1 rings (SSSR count). The number of carboxylic acids is 1. The van der Waals surface area contributed by atoms with Gasteiger partial charge in [-0.25, -0.2) is 21.9 Å². The second kappa shape index (κ2) is 6.07. The van der Waals surface area contributed by atoms with Crippen LogP contribution in [0.2, 0.25) is 0 Å². The van der Waals surface area contributed by atoms with Crippen LogP contribution in [0.15, 0.2) is 18.2 Å². The number of benzene rings is 1. The van der Waals surface area contributed by atoms with Gasteiger partial charge in [-0.1, -0.05) is 6.07 Å². The van der Waals surface area contributed by atoms with E-state index in [0.717, 1.165) is 12.1 Å². The Morgan fingerprint density at radius 3 is 2.37 bits per heavy atom. The number of rotatable bonds is 6. The fraction of sp³-hybridized carbons (Fsp3) is 0.364. The van der Waals surface area contributed by atoms with Crippen molar-refractivity contribution in [1.82, 2.24) is 4.72 Å². The third-order valence-electron chi connectivity index (χ3n) is 2.37. The average Bonchev–Trinajstić information content (AvgIpc) is 2.25. The van der Waals surface area contributed by atoms with Crippen LogP contribution in [0.5, 0.6) is 0 Å². The number of carbonyl (C=O) groups is 1. The van der Waals surface area contributed by atoms with Crippen LogP contribution in [-0.2, 0) is 14.8 Å². The maximum Gasteiger partial charge on any atom is 0.304 e. The normalized spacial score (nSPS) is 13.2. The van der Waals surface area contributed by atoms with Crippen LogP contribution in [-0.4, -0.2) is 25.2 Å². The highest BCUT2D eigenvalue weighted by Gasteiger charge is 2.21. The molecule has 0 radical (unpaired) electrons. The molecule has 0 aromatic heterocycles. The van der Waals surface area contributed by atoms with Gasteiger partial charge in [0.25, 0.3) is 0 Å². The van der Waals surface area contributed by atoms with Gasteiger partial charge in [-0.15, -0.1) is 0 Å². The lowest BCUT2D eigenvalue weighted by atomic mass is 10.1. The lowest BCUT2D eigenvalue weighted by molar-refractivity contribution is -0.136. The molecule has 0 heterocycles. The van der Waals surface area contributed by atoms with Crippen LogP contribution < -0.4 is 4.72 Å². The highest BCUT2D eigenvalue weighted by Crippen LogP contribution is 2.20. The summed E-state index contributed by atoms with van der Waals surface area (Å²) in [6, 6.07) is 2.07. The van der Waals surface area contributed by atoms with Gasteiger partial charge in [0.1, 0.15) is 11.6 Å². The summed E-state index contributed by atoms with van der Waals surface area (Å²) in [6.45, 7) is 1.28. The summed E-state index contributed by atoms with van der Waals surface area (Å²) in [5, 5.41) is 8.40. The number of halogens is 2. The Labute approximate surface area is 109 Å². The Morgan fingerprint density at radius 2 is 1.89 bits per heavy atom. The maximum atomic E-state index is 13.4. The minimum absolute atomic E-state index is 0.401. The van der Waals surface area contributed by atoms with E-state index in [9.17, 15) is 22.0 Å². The number of carboxylic acid groups (broad SMARTS) is 1. The number of aliphatic carboxylic acids is 1. The number of nitrogens with one attached hydrogen (secondary N) is 1. The molecule has 1 aromatic rings. The van der Waals surface area contributed by atoms with E-state index in [-0.39, 0.29) is 0 Å². The first-order valence-corrected chi connectivity index (χ1v) is 7.04. The second-order valence-corrected chi connectivity index (χ2v) is 5.81. The van der Waals surface area contributed by atoms with Gasteiger partial charge in [0, 0.05) is 11.6 Å². The van der Waals surface area contributed by atoms with Crippen molar-refractivity contribution in [2.24, 2.45) is 0 Å². The molecule has 0 bridgehead atoms. The molecule has 0 saturated carbocycles. The third-order valence-corrected chi connectivity index (χ3v) is 3.83. The van der Waals surface area contributed by atoms with Gasteiger partial charge in [-0.3, -0.25) is 4.79 Å². The fourth-order valence-electron chi connectivity index (χ4n) is 1.53. The smallest absolute Gasteiger partial charge is 0.304 e. The van der Waals surface area contributed by atoms with E-state index in [2.05, 4.69) is 0 Å². The van der Waals surface area contributed by atoms with Crippen LogP contribution in [0.25, 0.3) is 0 Å². The summed E-state index contributed by atoms with van der Waals surface area (Å²) in [7, 11) is -3.92. The summed E-state index contributed by atoms with van der Waals surface area (Å²) in [5.41, 5.74) is -0.401. The van der Waals surface area contributed by atoms with Crippen molar-refractivity contribution in [1.29, 1.82) is 0 Å². The molecular formula is C11H13F2NO4S. The topological polar surface area (TPSA) is 83.5 Å². The van der Waals surface area contributed by atoms with Crippen molar-refractivity contribution >= 4 is 16.0 Å². The molecule has 0 aliphatic rings. The molecule has 2 N–H and O–H groups in total. The molecule has 5 nitrogen and oxygen atoms in total. The van der Waals surface area contributed by atoms with Gasteiger partial charge in [0.2, 0.25) is 10.0 Å². The van der Waals surface area contributed by atoms with Gasteiger partial charge in [-0.2, -0.15) is 0 Å². The maximum absolute atomic E-state index is 13.4. The Balaban J connectivity index is 2.85. The molecule has 0 saturated heterocycles. The molecule has 0 aliphatic carbocycles. The van der Waals surface area contributed by atoms with Crippen molar-refractivity contribution in [3.63, 3.8) is 0 Å². The predicted molar refractivity (Wildman–Crippen MR) is 63.9 cm³/mol. The van der Waals surface area contributed by atoms with E-state index < -0.39 is 51.4 Å². The van der Waals surface area contributed by atoms with E-state index in [1.165, 1.54) is 13.0 Å². The highest BCUT2D eigenvalue weighted by atomic mass is 32.2. The van der Waals surface area contributed by atoms with Gasteiger partial charge >= 0.3 is 5.97 Å². The summed E-state index contributed by atoms with van der Waals surface area (Å²) in [5.74, 6) is -3.65. The predicted octanol–water partition coefficient (Wildman–Crippen LogP) is 1.42. The van der Waals surface area contributed by atoms with Crippen LogP contribution in [0.1, 0.15) is 24.9 Å². The fourth-order valence-corrected chi connectivity index (χ4v) is 2.75.